The van der Waals surface area contributed by atoms with Gasteiger partial charge in [0.25, 0.3) is 17.7 Å². The predicted molar refractivity (Wildman–Crippen MR) is 567 cm³/mol. The number of likely N-dealkylation sites (N-methyl/N-ethyl adjacent to an activating group) is 1. The van der Waals surface area contributed by atoms with Crippen LogP contribution in [0, 0.1) is 43.6 Å². The lowest BCUT2D eigenvalue weighted by molar-refractivity contribution is -0.150. The maximum absolute atomic E-state index is 14.0. The lowest BCUT2D eigenvalue weighted by Crippen LogP contribution is -2.56. The van der Waals surface area contributed by atoms with Gasteiger partial charge in [0.05, 0.1) is 87.3 Å². The Balaban J connectivity index is 0.000000147. The number of nitrogens with zero attached hydrogens (tertiary/aromatic N) is 12. The minimum atomic E-state index is -0.757. The lowest BCUT2D eigenvalue weighted by Gasteiger charge is -2.39. The van der Waals surface area contributed by atoms with Gasteiger partial charge in [0, 0.05) is 121 Å². The number of hydrogen-bond acceptors (Lipinski definition) is 20. The second-order valence-electron chi connectivity index (χ2n) is 43.2. The van der Waals surface area contributed by atoms with Crippen molar-refractivity contribution in [3.8, 4) is 20.9 Å². The van der Waals surface area contributed by atoms with Crippen molar-refractivity contribution < 1.29 is 73.2 Å². The van der Waals surface area contributed by atoms with E-state index in [1.807, 2.05) is 190 Å². The summed E-state index contributed by atoms with van der Waals surface area (Å²) in [5.41, 5.74) is 21.6. The molecule has 0 radical (unpaired) electrons. The number of benzene rings is 7. The van der Waals surface area contributed by atoms with E-state index in [2.05, 4.69) is 73.9 Å². The first kappa shape index (κ1) is 109. The summed E-state index contributed by atoms with van der Waals surface area (Å²) in [5, 5.41) is 41.8. The smallest absolute Gasteiger partial charge is 0.255 e. The summed E-state index contributed by atoms with van der Waals surface area (Å²) in [5.74, 6) is -0.527. The van der Waals surface area contributed by atoms with Gasteiger partial charge in [-0.2, -0.15) is 11.5 Å². The Hall–Kier alpha value is -12.6. The zero-order valence-electron chi connectivity index (χ0n) is 86.8. The molecule has 0 spiro atoms. The standard InChI is InChI=1S/C32H40N2O4.C30H32N6O3S.C29H34N2O4.C26H35N3O4S/c1-21(2)30(34-19-25-10-6-7-11-27(25)31(34)37)32(38)33-20-26(35)18-28(33)29(36)17-14-22-12-15-24(16-13-22)23-8-4-3-5-9-23;1-18(2)26(36-15-22-7-5-6-8-24(22)29(36)38)30(39)35-16-23(37)13-25(35)28(34-31-4)32-14-20-9-11-21(12-10-20)27-19(3)33-17-40-27;1-18(2)27(31-16-22-5-3-4-6-24(22)28(31)34)29(35)30-17-23(32)15-25(30)26(33)14-9-19-7-10-20(11-8-19)21-12-13-21;1-16-23(34-15-27-16)19-10-7-18(8-11-19)9-12-22(32)21-13-20(31)14-29(21)25(33)24(26(3,4)5)28(6)17(2)30/h6-7,10-13,15-16,21,23,26,28,30,35H,3-5,8-9,14,17-20H2,1-2H3;5-12,17-18,23,25-26,37H,13-16H2,1-3H3,(H,32,34);3-8,10-11,18,21,23,25,27,32H,9,12-17H2,1-2H3;7-8,10-11,15,20-21,24,31H,9,12-14H2,1-6H3/t26-,28+,30+;23-,25+,26+;23-,25+,27+;20-,21+,24-/m1111/s1. The summed E-state index contributed by atoms with van der Waals surface area (Å²) in [6.07, 6.45) is 9.75. The van der Waals surface area contributed by atoms with Crippen LogP contribution in [-0.2, 0) is 83.8 Å². The van der Waals surface area contributed by atoms with E-state index in [1.54, 1.807) is 72.4 Å². The van der Waals surface area contributed by atoms with Gasteiger partial charge in [-0.05, 0) is 173 Å². The van der Waals surface area contributed by atoms with Crippen LogP contribution in [0.2, 0.25) is 0 Å². The monoisotopic (exact) mass is 2030 g/mol. The van der Waals surface area contributed by atoms with Gasteiger partial charge in [-0.3, -0.25) is 57.7 Å². The number of Topliss-reactive ketones (excluding diaryl/α,β-unsaturated/α-hetero) is 3. The molecule has 7 aliphatic heterocycles. The number of likely N-dealkylation sites (tertiary alicyclic amines) is 4. The van der Waals surface area contributed by atoms with Crippen LogP contribution in [0.4, 0.5) is 0 Å². The van der Waals surface area contributed by atoms with Crippen molar-refractivity contribution in [3.05, 3.63) is 271 Å². The number of aryl methyl sites for hydroxylation is 5. The molecule has 18 rings (SSSR count). The first-order valence-electron chi connectivity index (χ1n) is 52.1. The Morgan fingerprint density at radius 1 is 0.449 bits per heavy atom. The molecule has 7 aromatic carbocycles. The summed E-state index contributed by atoms with van der Waals surface area (Å²) >= 11 is 3.20. The number of nitrogens with one attached hydrogen (secondary N) is 1. The number of amides is 8. The Morgan fingerprint density at radius 2 is 0.769 bits per heavy atom. The molecule has 9 heterocycles. The Morgan fingerprint density at radius 3 is 1.08 bits per heavy atom. The number of hydrogen-bond donors (Lipinski definition) is 5. The number of aromatic nitrogens is 2. The number of ketones is 3. The van der Waals surface area contributed by atoms with Crippen LogP contribution in [0.15, 0.2) is 186 Å². The van der Waals surface area contributed by atoms with E-state index in [-0.39, 0.29) is 141 Å². The number of amidine groups is 1. The third kappa shape index (κ3) is 25.5. The van der Waals surface area contributed by atoms with Crippen molar-refractivity contribution in [1.29, 1.82) is 0 Å². The molecule has 776 valence electrons. The van der Waals surface area contributed by atoms with Crippen LogP contribution in [-0.4, -0.2) is 246 Å². The highest BCUT2D eigenvalue weighted by Gasteiger charge is 2.52. The van der Waals surface area contributed by atoms with E-state index in [1.165, 1.54) is 77.7 Å². The molecule has 12 atom stereocenters. The van der Waals surface area contributed by atoms with E-state index in [0.717, 1.165) is 71.2 Å². The quantitative estimate of drug-likeness (QED) is 0.0121. The fourth-order valence-electron chi connectivity index (χ4n) is 22.5. The average Bonchev–Trinajstić information content (AvgIpc) is 1.72. The molecule has 9 aliphatic rings. The molecule has 30 heteroatoms. The van der Waals surface area contributed by atoms with E-state index < -0.39 is 78.2 Å². The second-order valence-corrected chi connectivity index (χ2v) is 44.9. The van der Waals surface area contributed by atoms with E-state index >= 15 is 0 Å². The summed E-state index contributed by atoms with van der Waals surface area (Å²) in [7, 11) is 1.61. The summed E-state index contributed by atoms with van der Waals surface area (Å²) in [4.78, 5) is 178. The normalized spacial score (nSPS) is 21.0. The van der Waals surface area contributed by atoms with Crippen molar-refractivity contribution in [2.45, 2.75) is 303 Å². The third-order valence-electron chi connectivity index (χ3n) is 30.4. The van der Waals surface area contributed by atoms with Gasteiger partial charge in [-0.1, -0.05) is 239 Å². The molecule has 4 saturated heterocycles. The molecule has 28 nitrogen and oxygen atoms in total. The molecule has 2 aliphatic carbocycles. The summed E-state index contributed by atoms with van der Waals surface area (Å²) in [6.45, 7) is 32.0. The van der Waals surface area contributed by atoms with Crippen LogP contribution in [0.1, 0.15) is 263 Å². The van der Waals surface area contributed by atoms with Crippen molar-refractivity contribution in [2.24, 2.45) is 28.2 Å². The SMILES string of the molecule is CC(=O)N(C)[C@H](C(=O)N1C[C@H](O)C[C@H]1C(=O)CCc1ccc(-c2scnc2C)cc1)C(C)(C)C.CC(C)[C@@H](C(=O)N1C[C@H](O)C[C@H]1C(=O)CCc1ccc(C2CC2)cc1)N1Cc2ccccc2C1=O.CC(C)[C@@H](C(=O)N1C[C@H](O)C[C@H]1C(=O)CCc1ccc(C2CCCCC2)cc1)N1Cc2ccccc2C1=O.[C-]#[N+]NC(=NCc1ccc(-c2scnc2C)cc1)[C@@H]1C[C@@H](O)CN1C(=O)[C@H](C(C)C)N1Cc2ccccc2C1=O. The number of aliphatic hydroxyl groups excluding tert-OH is 4. The maximum atomic E-state index is 14.0. The molecule has 147 heavy (non-hydrogen) atoms. The summed E-state index contributed by atoms with van der Waals surface area (Å²) < 4.78 is 0. The van der Waals surface area contributed by atoms with Gasteiger partial charge in [-0.15, -0.1) is 22.7 Å². The third-order valence-corrected chi connectivity index (χ3v) is 32.4. The van der Waals surface area contributed by atoms with Crippen LogP contribution in [0.25, 0.3) is 25.8 Å². The van der Waals surface area contributed by atoms with E-state index in [9.17, 15) is 73.2 Å². The topological polar surface area (TPSA) is 349 Å². The van der Waals surface area contributed by atoms with Gasteiger partial charge in [0.15, 0.2) is 23.2 Å². The number of β-amino-alcohol motifs (C(OH)–C–C–N with tert-alkyl or cyclic N) is 4. The molecule has 8 amide bonds. The number of thiazole rings is 2. The number of carbonyl (C=O) groups is 11. The van der Waals surface area contributed by atoms with Crippen molar-refractivity contribution in [1.82, 2.24) is 54.6 Å². The van der Waals surface area contributed by atoms with E-state index in [0.29, 0.717) is 92.6 Å². The molecule has 5 N–H and O–H groups in total. The number of rotatable bonds is 30. The number of aliphatic imine (C=N–C) groups is 1. The molecule has 2 aromatic heterocycles. The Bertz CT molecular complexity index is 6310. The predicted octanol–water partition coefficient (Wildman–Crippen LogP) is 16.1. The Kier molecular flexibility index (Phi) is 35.5. The fraction of sp³-hybridized carbons (Fsp3) is 0.479. The van der Waals surface area contributed by atoms with Gasteiger partial charge in [-0.25, -0.2) is 9.97 Å². The van der Waals surface area contributed by atoms with Crippen molar-refractivity contribution >= 4 is 93.1 Å². The highest BCUT2D eigenvalue weighted by atomic mass is 32.1. The number of fused-ring (bicyclic) bond motifs is 3. The van der Waals surface area contributed by atoms with Gasteiger partial charge < -0.3 is 59.6 Å². The number of carbonyl (C=O) groups excluding carboxylic acids is 11. The molecule has 6 fully saturated rings. The average molecular weight is 2030 g/mol. The zero-order chi connectivity index (χ0) is 105. The molecular formula is C117H141N13O15S2. The lowest BCUT2D eigenvalue weighted by atomic mass is 9.84. The van der Waals surface area contributed by atoms with E-state index in [4.69, 9.17) is 6.57 Å². The number of aliphatic hydroxyl groups is 4. The second kappa shape index (κ2) is 48.1. The first-order chi connectivity index (χ1) is 70.3. The maximum Gasteiger partial charge on any atom is 0.255 e. The van der Waals surface area contributed by atoms with Crippen LogP contribution >= 0.6 is 22.7 Å². The van der Waals surface area contributed by atoms with Crippen molar-refractivity contribution in [3.63, 3.8) is 0 Å². The Labute approximate surface area is 871 Å². The molecule has 2 saturated carbocycles. The van der Waals surface area contributed by atoms with Crippen LogP contribution in [0.3, 0.4) is 0 Å². The molecule has 9 aromatic rings. The van der Waals surface area contributed by atoms with Crippen molar-refractivity contribution in [2.75, 3.05) is 33.2 Å². The summed E-state index contributed by atoms with van der Waals surface area (Å²) in [6, 6.07) is 50.3. The highest BCUT2D eigenvalue weighted by Crippen LogP contribution is 2.42. The van der Waals surface area contributed by atoms with Gasteiger partial charge in [0.1, 0.15) is 24.2 Å². The van der Waals surface area contributed by atoms with Crippen LogP contribution < -0.4 is 5.43 Å². The van der Waals surface area contributed by atoms with Gasteiger partial charge in [0.2, 0.25) is 29.5 Å². The minimum absolute atomic E-state index is 0.0233. The van der Waals surface area contributed by atoms with Crippen LogP contribution in [0.5, 0.6) is 0 Å². The largest absolute Gasteiger partial charge is 0.391 e. The highest BCUT2D eigenvalue weighted by molar-refractivity contribution is 7.13. The fourth-order valence-corrected chi connectivity index (χ4v) is 24.1. The molecular weight excluding hydrogens is 1890 g/mol. The molecule has 0 bridgehead atoms. The minimum Gasteiger partial charge on any atom is -0.391 e. The molecule has 0 unspecified atom stereocenters. The van der Waals surface area contributed by atoms with Gasteiger partial charge >= 0.3 is 0 Å². The zero-order valence-corrected chi connectivity index (χ0v) is 88.4. The first-order valence-corrected chi connectivity index (χ1v) is 53.9.